The van der Waals surface area contributed by atoms with Crippen molar-refractivity contribution in [2.24, 2.45) is 0 Å². The molecule has 0 spiro atoms. The molecule has 0 unspecified atom stereocenters. The van der Waals surface area contributed by atoms with Crippen LogP contribution in [0.3, 0.4) is 0 Å². The molecule has 0 saturated carbocycles. The Morgan fingerprint density at radius 2 is 1.71 bits per heavy atom. The zero-order valence-corrected chi connectivity index (χ0v) is 10.9. The van der Waals surface area contributed by atoms with Crippen molar-refractivity contribution < 1.29 is 35.7 Å². The fraction of sp³-hybridized carbons (Fsp3) is 0.0833. The maximum Gasteiger partial charge on any atom is 0.534 e. The molecule has 0 N–H and O–H groups in total. The lowest BCUT2D eigenvalue weighted by Crippen LogP contribution is -2.30. The van der Waals surface area contributed by atoms with Crippen molar-refractivity contribution >= 4 is 26.9 Å². The van der Waals surface area contributed by atoms with Gasteiger partial charge in [-0.1, -0.05) is 30.3 Å². The third kappa shape index (κ3) is 2.77. The fourth-order valence-corrected chi connectivity index (χ4v) is 2.17. The van der Waals surface area contributed by atoms with Crippen LogP contribution in [0.5, 0.6) is 5.75 Å². The Hall–Kier alpha value is -2.29. The van der Waals surface area contributed by atoms with Crippen molar-refractivity contribution in [3.8, 4) is 5.75 Å². The molecule has 9 heteroatoms. The molecular formula is C12H6F3O5S-. The van der Waals surface area contributed by atoms with Gasteiger partial charge >= 0.3 is 15.6 Å². The van der Waals surface area contributed by atoms with Crippen LogP contribution >= 0.6 is 0 Å². The maximum atomic E-state index is 12.3. The van der Waals surface area contributed by atoms with Gasteiger partial charge in [-0.3, -0.25) is 0 Å². The van der Waals surface area contributed by atoms with E-state index in [1.807, 2.05) is 0 Å². The number of hydrogen-bond donors (Lipinski definition) is 0. The van der Waals surface area contributed by atoms with Crippen molar-refractivity contribution in [1.82, 2.24) is 0 Å². The molecule has 0 bridgehead atoms. The average Bonchev–Trinajstić information content (AvgIpc) is 2.36. The maximum absolute atomic E-state index is 12.3. The van der Waals surface area contributed by atoms with Crippen LogP contribution in [-0.4, -0.2) is 19.9 Å². The number of aromatic carboxylic acids is 1. The quantitative estimate of drug-likeness (QED) is 0.631. The van der Waals surface area contributed by atoms with Crippen LogP contribution in [0.4, 0.5) is 13.2 Å². The molecule has 0 heterocycles. The summed E-state index contributed by atoms with van der Waals surface area (Å²) >= 11 is 0. The summed E-state index contributed by atoms with van der Waals surface area (Å²) in [6.07, 6.45) is 0. The van der Waals surface area contributed by atoms with Gasteiger partial charge in [0.1, 0.15) is 0 Å². The minimum atomic E-state index is -5.97. The lowest BCUT2D eigenvalue weighted by atomic mass is 10.0. The van der Waals surface area contributed by atoms with Crippen LogP contribution in [0, 0.1) is 0 Å². The van der Waals surface area contributed by atoms with E-state index < -0.39 is 32.9 Å². The number of carbonyl (C=O) groups excluding carboxylic acids is 1. The second kappa shape index (κ2) is 4.92. The topological polar surface area (TPSA) is 83.5 Å². The molecule has 0 fully saturated rings. The first kappa shape index (κ1) is 15.1. The number of fused-ring (bicyclic) bond motifs is 1. The second-order valence-electron chi connectivity index (χ2n) is 3.93. The standard InChI is InChI=1S/C12H7F3O5S/c13-12(14,15)21(18,19)20-9-6-5-7-3-1-2-4-8(7)10(9)11(16)17/h1-6H,(H,16,17)/p-1. The summed E-state index contributed by atoms with van der Waals surface area (Å²) in [5, 5.41) is 11.5. The number of hydrogen-bond acceptors (Lipinski definition) is 5. The first-order valence-corrected chi connectivity index (χ1v) is 6.78. The summed E-state index contributed by atoms with van der Waals surface area (Å²) in [4.78, 5) is 11.1. The predicted molar refractivity (Wildman–Crippen MR) is 63.9 cm³/mol. The van der Waals surface area contributed by atoms with E-state index in [4.69, 9.17) is 0 Å². The highest BCUT2D eigenvalue weighted by atomic mass is 32.2. The Labute approximate surface area is 116 Å². The minimum Gasteiger partial charge on any atom is -0.545 e. The number of benzene rings is 2. The van der Waals surface area contributed by atoms with E-state index in [0.29, 0.717) is 5.39 Å². The molecule has 0 aliphatic heterocycles. The molecule has 2 aromatic carbocycles. The molecule has 0 aliphatic rings. The van der Waals surface area contributed by atoms with Gasteiger partial charge in [0, 0.05) is 5.56 Å². The second-order valence-corrected chi connectivity index (χ2v) is 5.47. The first-order valence-electron chi connectivity index (χ1n) is 5.37. The van der Waals surface area contributed by atoms with E-state index in [0.717, 1.165) is 6.07 Å². The van der Waals surface area contributed by atoms with E-state index in [-0.39, 0.29) is 5.39 Å². The normalized spacial score (nSPS) is 12.3. The van der Waals surface area contributed by atoms with Crippen LogP contribution in [0.25, 0.3) is 10.8 Å². The number of carbonyl (C=O) groups is 1. The smallest absolute Gasteiger partial charge is 0.534 e. The predicted octanol–water partition coefficient (Wildman–Crippen LogP) is 1.43. The highest BCUT2D eigenvalue weighted by Gasteiger charge is 2.48. The van der Waals surface area contributed by atoms with E-state index in [2.05, 4.69) is 4.18 Å². The number of halogens is 3. The summed E-state index contributed by atoms with van der Waals surface area (Å²) in [6, 6.07) is 7.89. The Morgan fingerprint density at radius 1 is 1.10 bits per heavy atom. The lowest BCUT2D eigenvalue weighted by molar-refractivity contribution is -0.254. The Balaban J connectivity index is 2.66. The summed E-state index contributed by atoms with van der Waals surface area (Å²) in [7, 11) is -5.97. The Morgan fingerprint density at radius 3 is 2.29 bits per heavy atom. The third-order valence-corrected chi connectivity index (χ3v) is 3.54. The molecule has 5 nitrogen and oxygen atoms in total. The number of rotatable bonds is 3. The average molecular weight is 319 g/mol. The number of carboxylic acid groups (broad SMARTS) is 1. The van der Waals surface area contributed by atoms with Gasteiger partial charge in [-0.05, 0) is 16.8 Å². The van der Waals surface area contributed by atoms with E-state index in [1.54, 1.807) is 6.07 Å². The molecule has 2 aromatic rings. The van der Waals surface area contributed by atoms with Crippen LogP contribution in [0.2, 0.25) is 0 Å². The van der Waals surface area contributed by atoms with Gasteiger partial charge in [-0.2, -0.15) is 21.6 Å². The van der Waals surface area contributed by atoms with Crippen molar-refractivity contribution in [3.05, 3.63) is 42.0 Å². The van der Waals surface area contributed by atoms with Crippen molar-refractivity contribution in [2.75, 3.05) is 0 Å². The van der Waals surface area contributed by atoms with Crippen molar-refractivity contribution in [3.63, 3.8) is 0 Å². The molecule has 0 atom stereocenters. The van der Waals surface area contributed by atoms with E-state index >= 15 is 0 Å². The molecule has 112 valence electrons. The molecule has 2 rings (SSSR count). The molecule has 0 aliphatic carbocycles. The fourth-order valence-electron chi connectivity index (χ4n) is 1.70. The van der Waals surface area contributed by atoms with Gasteiger partial charge in [0.25, 0.3) is 0 Å². The lowest BCUT2D eigenvalue weighted by Gasteiger charge is -2.15. The van der Waals surface area contributed by atoms with E-state index in [1.165, 1.54) is 24.3 Å². The van der Waals surface area contributed by atoms with Gasteiger partial charge in [0.2, 0.25) is 0 Å². The molecule has 0 aromatic heterocycles. The van der Waals surface area contributed by atoms with Gasteiger partial charge in [-0.15, -0.1) is 0 Å². The van der Waals surface area contributed by atoms with Crippen LogP contribution in [0.15, 0.2) is 36.4 Å². The summed E-state index contributed by atoms with van der Waals surface area (Å²) in [5.74, 6) is -2.80. The molecule has 0 amide bonds. The zero-order chi connectivity index (χ0) is 15.8. The van der Waals surface area contributed by atoms with Gasteiger partial charge in [-0.25, -0.2) is 0 Å². The summed E-state index contributed by atoms with van der Waals surface area (Å²) in [6.45, 7) is 0. The summed E-state index contributed by atoms with van der Waals surface area (Å²) < 4.78 is 62.7. The van der Waals surface area contributed by atoms with Crippen LogP contribution < -0.4 is 9.29 Å². The highest BCUT2D eigenvalue weighted by molar-refractivity contribution is 7.88. The zero-order valence-electron chi connectivity index (χ0n) is 10.0. The Kier molecular flexibility index (Phi) is 3.54. The van der Waals surface area contributed by atoms with Gasteiger partial charge < -0.3 is 14.1 Å². The van der Waals surface area contributed by atoms with Gasteiger partial charge in [0.05, 0.1) is 5.97 Å². The molecular weight excluding hydrogens is 313 g/mol. The number of carboxylic acids is 1. The highest BCUT2D eigenvalue weighted by Crippen LogP contribution is 2.32. The van der Waals surface area contributed by atoms with Crippen LogP contribution in [-0.2, 0) is 10.1 Å². The first-order chi connectivity index (χ1) is 9.63. The molecule has 0 radical (unpaired) electrons. The van der Waals surface area contributed by atoms with Gasteiger partial charge in [0.15, 0.2) is 5.75 Å². The summed E-state index contributed by atoms with van der Waals surface area (Å²) in [5.41, 5.74) is -6.43. The SMILES string of the molecule is O=C([O-])c1c(OS(=O)(=O)C(F)(F)F)ccc2ccccc12. The monoisotopic (exact) mass is 319 g/mol. The van der Waals surface area contributed by atoms with Crippen molar-refractivity contribution in [2.45, 2.75) is 5.51 Å². The number of alkyl halides is 3. The van der Waals surface area contributed by atoms with Crippen molar-refractivity contribution in [1.29, 1.82) is 0 Å². The van der Waals surface area contributed by atoms with Crippen LogP contribution in [0.1, 0.15) is 10.4 Å². The van der Waals surface area contributed by atoms with E-state index in [9.17, 15) is 31.5 Å². The Bertz CT molecular complexity index is 811. The molecule has 21 heavy (non-hydrogen) atoms. The minimum absolute atomic E-state index is 0.00683. The molecule has 0 saturated heterocycles. The largest absolute Gasteiger partial charge is 0.545 e. The third-order valence-electron chi connectivity index (χ3n) is 2.58.